The van der Waals surface area contributed by atoms with Crippen molar-refractivity contribution in [3.8, 4) is 5.75 Å². The molecular weight excluding hydrogens is 260 g/mol. The predicted molar refractivity (Wildman–Crippen MR) is 87.8 cm³/mol. The van der Waals surface area contributed by atoms with Gasteiger partial charge in [-0.1, -0.05) is 12.1 Å². The normalized spacial score (nSPS) is 12.4. The molecule has 1 aromatic carbocycles. The van der Waals surface area contributed by atoms with Crippen molar-refractivity contribution < 1.29 is 4.74 Å². The number of aryl methyl sites for hydroxylation is 1. The number of hydrogen-bond donors (Lipinski definition) is 1. The van der Waals surface area contributed by atoms with Crippen LogP contribution in [0, 0.1) is 13.8 Å². The van der Waals surface area contributed by atoms with E-state index >= 15 is 0 Å². The maximum absolute atomic E-state index is 5.20. The van der Waals surface area contributed by atoms with Crippen LogP contribution < -0.4 is 10.1 Å². The highest BCUT2D eigenvalue weighted by Gasteiger charge is 2.10. The highest BCUT2D eigenvalue weighted by Crippen LogP contribution is 2.19. The third-order valence-corrected chi connectivity index (χ3v) is 4.21. The smallest absolute Gasteiger partial charge is 0.118 e. The zero-order valence-electron chi connectivity index (χ0n) is 13.7. The molecule has 0 radical (unpaired) electrons. The summed E-state index contributed by atoms with van der Waals surface area (Å²) in [4.78, 5) is 0. The molecule has 2 rings (SSSR count). The molecule has 1 heterocycles. The maximum Gasteiger partial charge on any atom is 0.118 e. The van der Waals surface area contributed by atoms with Gasteiger partial charge >= 0.3 is 0 Å². The number of methoxy groups -OCH3 is 1. The van der Waals surface area contributed by atoms with E-state index in [-0.39, 0.29) is 0 Å². The van der Waals surface area contributed by atoms with Gasteiger partial charge in [0.2, 0.25) is 0 Å². The Bertz CT molecular complexity index is 584. The van der Waals surface area contributed by atoms with Gasteiger partial charge in [0, 0.05) is 30.5 Å². The first-order valence-electron chi connectivity index (χ1n) is 7.59. The van der Waals surface area contributed by atoms with Crippen LogP contribution in [0.1, 0.15) is 42.4 Å². The van der Waals surface area contributed by atoms with Gasteiger partial charge in [0.25, 0.3) is 0 Å². The molecule has 3 heteroatoms. The van der Waals surface area contributed by atoms with Crippen LogP contribution in [0.2, 0.25) is 0 Å². The molecule has 0 saturated heterocycles. The first kappa shape index (κ1) is 15.6. The zero-order valence-corrected chi connectivity index (χ0v) is 13.7. The Morgan fingerprint density at radius 3 is 2.38 bits per heavy atom. The molecule has 0 bridgehead atoms. The van der Waals surface area contributed by atoms with Crippen LogP contribution in [0.5, 0.6) is 5.75 Å². The Hall–Kier alpha value is -1.74. The molecule has 0 aliphatic heterocycles. The lowest BCUT2D eigenvalue weighted by Gasteiger charge is -2.15. The lowest BCUT2D eigenvalue weighted by atomic mass is 10.1. The number of nitrogens with one attached hydrogen (secondary N) is 1. The van der Waals surface area contributed by atoms with E-state index in [1.54, 1.807) is 7.11 Å². The predicted octanol–water partition coefficient (Wildman–Crippen LogP) is 3.98. The third-order valence-electron chi connectivity index (χ3n) is 4.21. The molecule has 0 amide bonds. The molecule has 1 N–H and O–H groups in total. The lowest BCUT2D eigenvalue weighted by Crippen LogP contribution is -2.18. The minimum atomic E-state index is 0.320. The third kappa shape index (κ3) is 3.48. The van der Waals surface area contributed by atoms with Crippen molar-refractivity contribution in [2.45, 2.75) is 46.8 Å². The molecule has 0 saturated carbocycles. The zero-order chi connectivity index (χ0) is 15.4. The fourth-order valence-corrected chi connectivity index (χ4v) is 2.81. The van der Waals surface area contributed by atoms with Crippen LogP contribution in [-0.2, 0) is 13.1 Å². The molecule has 3 nitrogen and oxygen atoms in total. The Kier molecular flexibility index (Phi) is 5.07. The van der Waals surface area contributed by atoms with Crippen LogP contribution >= 0.6 is 0 Å². The van der Waals surface area contributed by atoms with E-state index in [0.717, 1.165) is 18.8 Å². The summed E-state index contributed by atoms with van der Waals surface area (Å²) in [5.74, 6) is 0.900. The van der Waals surface area contributed by atoms with Gasteiger partial charge in [-0.3, -0.25) is 0 Å². The second kappa shape index (κ2) is 6.81. The fraction of sp³-hybridized carbons (Fsp3) is 0.444. The van der Waals surface area contributed by atoms with Crippen molar-refractivity contribution >= 4 is 0 Å². The minimum absolute atomic E-state index is 0.320. The van der Waals surface area contributed by atoms with Gasteiger partial charge < -0.3 is 14.6 Å². The average Bonchev–Trinajstić information content (AvgIpc) is 2.78. The highest BCUT2D eigenvalue weighted by molar-refractivity contribution is 5.30. The summed E-state index contributed by atoms with van der Waals surface area (Å²) in [5.41, 5.74) is 5.36. The van der Waals surface area contributed by atoms with E-state index in [4.69, 9.17) is 4.74 Å². The second-order valence-corrected chi connectivity index (χ2v) is 5.52. The summed E-state index contributed by atoms with van der Waals surface area (Å²) in [6.07, 6.45) is 0. The van der Waals surface area contributed by atoms with Gasteiger partial charge in [-0.15, -0.1) is 0 Å². The summed E-state index contributed by atoms with van der Waals surface area (Å²) < 4.78 is 7.56. The van der Waals surface area contributed by atoms with Gasteiger partial charge in [-0.25, -0.2) is 0 Å². The van der Waals surface area contributed by atoms with Crippen LogP contribution in [0.25, 0.3) is 0 Å². The SMILES string of the molecule is CCn1c(C)cc(CN[C@H](C)c2ccc(OC)cc2)c1C. The summed E-state index contributed by atoms with van der Waals surface area (Å²) in [7, 11) is 1.69. The first-order valence-corrected chi connectivity index (χ1v) is 7.59. The van der Waals surface area contributed by atoms with Crippen LogP contribution in [0.15, 0.2) is 30.3 Å². The minimum Gasteiger partial charge on any atom is -0.497 e. The van der Waals surface area contributed by atoms with Crippen molar-refractivity contribution in [3.63, 3.8) is 0 Å². The van der Waals surface area contributed by atoms with Gasteiger partial charge in [-0.2, -0.15) is 0 Å². The van der Waals surface area contributed by atoms with Crippen molar-refractivity contribution in [2.24, 2.45) is 0 Å². The molecule has 0 unspecified atom stereocenters. The molecule has 2 aromatic rings. The fourth-order valence-electron chi connectivity index (χ4n) is 2.81. The van der Waals surface area contributed by atoms with Crippen molar-refractivity contribution in [3.05, 3.63) is 52.8 Å². The monoisotopic (exact) mass is 286 g/mol. The standard InChI is InChI=1S/C18H26N2O/c1-6-20-13(2)11-17(15(20)4)12-19-14(3)16-7-9-18(21-5)10-8-16/h7-11,14,19H,6,12H2,1-5H3/t14-/m1/s1. The van der Waals surface area contributed by atoms with E-state index < -0.39 is 0 Å². The van der Waals surface area contributed by atoms with E-state index in [2.05, 4.69) is 55.8 Å². The number of benzene rings is 1. The van der Waals surface area contributed by atoms with Gasteiger partial charge in [-0.05, 0) is 57.0 Å². The largest absolute Gasteiger partial charge is 0.497 e. The topological polar surface area (TPSA) is 26.2 Å². The molecule has 114 valence electrons. The van der Waals surface area contributed by atoms with Crippen LogP contribution in [-0.4, -0.2) is 11.7 Å². The van der Waals surface area contributed by atoms with E-state index in [0.29, 0.717) is 6.04 Å². The highest BCUT2D eigenvalue weighted by atomic mass is 16.5. The molecule has 1 aromatic heterocycles. The lowest BCUT2D eigenvalue weighted by molar-refractivity contribution is 0.414. The molecule has 0 aliphatic carbocycles. The van der Waals surface area contributed by atoms with Gasteiger partial charge in [0.1, 0.15) is 5.75 Å². The van der Waals surface area contributed by atoms with Crippen molar-refractivity contribution in [1.82, 2.24) is 9.88 Å². The number of aromatic nitrogens is 1. The Morgan fingerprint density at radius 2 is 1.86 bits per heavy atom. The van der Waals surface area contributed by atoms with Crippen molar-refractivity contribution in [2.75, 3.05) is 7.11 Å². The molecular formula is C18H26N2O. The molecule has 0 fully saturated rings. The Labute approximate surface area is 127 Å². The maximum atomic E-state index is 5.20. The first-order chi connectivity index (χ1) is 10.1. The second-order valence-electron chi connectivity index (χ2n) is 5.52. The summed E-state index contributed by atoms with van der Waals surface area (Å²) in [6, 6.07) is 10.9. The number of hydrogen-bond acceptors (Lipinski definition) is 2. The number of rotatable bonds is 6. The molecule has 21 heavy (non-hydrogen) atoms. The molecule has 1 atom stereocenters. The number of nitrogens with zero attached hydrogens (tertiary/aromatic N) is 1. The quantitative estimate of drug-likeness (QED) is 0.869. The number of ether oxygens (including phenoxy) is 1. The summed E-state index contributed by atoms with van der Waals surface area (Å²) in [6.45, 7) is 10.7. The van der Waals surface area contributed by atoms with E-state index in [1.807, 2.05) is 12.1 Å². The molecule has 0 aliphatic rings. The van der Waals surface area contributed by atoms with E-state index in [9.17, 15) is 0 Å². The summed E-state index contributed by atoms with van der Waals surface area (Å²) in [5, 5.41) is 3.60. The van der Waals surface area contributed by atoms with Gasteiger partial charge in [0.15, 0.2) is 0 Å². The van der Waals surface area contributed by atoms with E-state index in [1.165, 1.54) is 22.5 Å². The Balaban J connectivity index is 2.01. The average molecular weight is 286 g/mol. The summed E-state index contributed by atoms with van der Waals surface area (Å²) >= 11 is 0. The Morgan fingerprint density at radius 1 is 1.19 bits per heavy atom. The van der Waals surface area contributed by atoms with Crippen molar-refractivity contribution in [1.29, 1.82) is 0 Å². The molecule has 0 spiro atoms. The van der Waals surface area contributed by atoms with Crippen LogP contribution in [0.4, 0.5) is 0 Å². The van der Waals surface area contributed by atoms with Gasteiger partial charge in [0.05, 0.1) is 7.11 Å². The van der Waals surface area contributed by atoms with Crippen LogP contribution in [0.3, 0.4) is 0 Å².